The fraction of sp³-hybridized carbons (Fsp3) is 0.562. The molecule has 0 heterocycles. The molecule has 118 valence electrons. The zero-order chi connectivity index (χ0) is 16.2. The molecule has 1 aromatic carbocycles. The third-order valence-corrected chi connectivity index (χ3v) is 3.48. The van der Waals surface area contributed by atoms with Crippen molar-refractivity contribution in [3.05, 3.63) is 23.8 Å². The highest BCUT2D eigenvalue weighted by atomic mass is 16.5. The minimum absolute atomic E-state index is 0.0830. The average molecular weight is 294 g/mol. The van der Waals surface area contributed by atoms with Crippen LogP contribution in [0.4, 0.5) is 0 Å². The van der Waals surface area contributed by atoms with E-state index in [0.29, 0.717) is 12.3 Å². The van der Waals surface area contributed by atoms with E-state index in [1.165, 1.54) is 0 Å². The van der Waals surface area contributed by atoms with Gasteiger partial charge in [0.05, 0.1) is 20.3 Å². The highest BCUT2D eigenvalue weighted by molar-refractivity contribution is 5.82. The number of amides is 1. The molecular formula is C16H26N2O3. The minimum Gasteiger partial charge on any atom is -0.497 e. The zero-order valence-corrected chi connectivity index (χ0v) is 13.8. The Morgan fingerprint density at radius 2 is 1.90 bits per heavy atom. The van der Waals surface area contributed by atoms with Gasteiger partial charge in [-0.3, -0.25) is 4.79 Å². The van der Waals surface area contributed by atoms with Crippen LogP contribution in [0, 0.1) is 5.41 Å². The van der Waals surface area contributed by atoms with Crippen molar-refractivity contribution >= 4 is 5.91 Å². The van der Waals surface area contributed by atoms with Gasteiger partial charge in [0.25, 0.3) is 0 Å². The van der Waals surface area contributed by atoms with E-state index >= 15 is 0 Å². The summed E-state index contributed by atoms with van der Waals surface area (Å²) in [5, 5.41) is 0. The van der Waals surface area contributed by atoms with Crippen molar-refractivity contribution in [2.24, 2.45) is 11.1 Å². The molecule has 1 amide bonds. The van der Waals surface area contributed by atoms with Gasteiger partial charge in [-0.15, -0.1) is 0 Å². The number of methoxy groups -OCH3 is 2. The lowest BCUT2D eigenvalue weighted by molar-refractivity contribution is -0.134. The fourth-order valence-electron chi connectivity index (χ4n) is 1.92. The molecule has 0 spiro atoms. The van der Waals surface area contributed by atoms with Gasteiger partial charge < -0.3 is 20.1 Å². The number of hydrogen-bond donors (Lipinski definition) is 1. The monoisotopic (exact) mass is 294 g/mol. The number of carbonyl (C=O) groups is 1. The number of nitrogens with two attached hydrogens (primary N) is 1. The number of rotatable bonds is 5. The summed E-state index contributed by atoms with van der Waals surface area (Å²) in [5.41, 5.74) is 6.67. The standard InChI is InChI=1S/C16H26N2O3/c1-16(2,3)14(17)15(19)18(4)10-11-7-8-12(20-5)9-13(11)21-6/h7-9,14H,10,17H2,1-6H3/t14-/m1/s1. The molecule has 5 heteroatoms. The molecule has 0 saturated heterocycles. The van der Waals surface area contributed by atoms with Crippen molar-refractivity contribution in [3.63, 3.8) is 0 Å². The summed E-state index contributed by atoms with van der Waals surface area (Å²) in [6.45, 7) is 6.31. The van der Waals surface area contributed by atoms with Crippen LogP contribution in [0.25, 0.3) is 0 Å². The van der Waals surface area contributed by atoms with Crippen molar-refractivity contribution in [1.29, 1.82) is 0 Å². The third-order valence-electron chi connectivity index (χ3n) is 3.48. The van der Waals surface area contributed by atoms with Gasteiger partial charge in [-0.25, -0.2) is 0 Å². The van der Waals surface area contributed by atoms with Crippen molar-refractivity contribution in [2.75, 3.05) is 21.3 Å². The molecule has 0 bridgehead atoms. The van der Waals surface area contributed by atoms with Crippen LogP contribution in [0.2, 0.25) is 0 Å². The largest absolute Gasteiger partial charge is 0.497 e. The molecule has 0 aliphatic rings. The van der Waals surface area contributed by atoms with E-state index in [2.05, 4.69) is 0 Å². The SMILES string of the molecule is COc1ccc(CN(C)C(=O)[C@@H](N)C(C)(C)C)c(OC)c1. The first kappa shape index (κ1) is 17.3. The van der Waals surface area contributed by atoms with Crippen LogP contribution in [0.3, 0.4) is 0 Å². The zero-order valence-electron chi connectivity index (χ0n) is 13.8. The van der Waals surface area contributed by atoms with E-state index in [1.807, 2.05) is 32.9 Å². The van der Waals surface area contributed by atoms with E-state index in [9.17, 15) is 4.79 Å². The van der Waals surface area contributed by atoms with Crippen molar-refractivity contribution in [1.82, 2.24) is 4.90 Å². The quantitative estimate of drug-likeness (QED) is 0.902. The van der Waals surface area contributed by atoms with E-state index in [-0.39, 0.29) is 11.3 Å². The summed E-state index contributed by atoms with van der Waals surface area (Å²) in [6, 6.07) is 5.01. The maximum absolute atomic E-state index is 12.4. The Kier molecular flexibility index (Phi) is 5.61. The van der Waals surface area contributed by atoms with Gasteiger partial charge in [-0.05, 0) is 17.5 Å². The molecule has 0 aliphatic carbocycles. The molecular weight excluding hydrogens is 268 g/mol. The van der Waals surface area contributed by atoms with Crippen LogP contribution < -0.4 is 15.2 Å². The van der Waals surface area contributed by atoms with Gasteiger partial charge in [0.1, 0.15) is 11.5 Å². The number of ether oxygens (including phenoxy) is 2. The summed E-state index contributed by atoms with van der Waals surface area (Å²) in [7, 11) is 4.95. The maximum atomic E-state index is 12.4. The Hall–Kier alpha value is -1.75. The molecule has 0 unspecified atom stereocenters. The predicted molar refractivity (Wildman–Crippen MR) is 83.5 cm³/mol. The average Bonchev–Trinajstić information content (AvgIpc) is 2.44. The summed E-state index contributed by atoms with van der Waals surface area (Å²) in [5.74, 6) is 1.33. The van der Waals surface area contributed by atoms with Crippen LogP contribution in [0.15, 0.2) is 18.2 Å². The molecule has 0 aliphatic heterocycles. The maximum Gasteiger partial charge on any atom is 0.240 e. The molecule has 0 fully saturated rings. The number of nitrogens with zero attached hydrogens (tertiary/aromatic N) is 1. The van der Waals surface area contributed by atoms with Gasteiger partial charge >= 0.3 is 0 Å². The molecule has 1 aromatic rings. The highest BCUT2D eigenvalue weighted by Gasteiger charge is 2.29. The van der Waals surface area contributed by atoms with Gasteiger partial charge in [-0.1, -0.05) is 20.8 Å². The van der Waals surface area contributed by atoms with Gasteiger partial charge in [0.2, 0.25) is 5.91 Å². The van der Waals surface area contributed by atoms with Crippen molar-refractivity contribution in [3.8, 4) is 11.5 Å². The lowest BCUT2D eigenvalue weighted by Gasteiger charge is -2.30. The molecule has 2 N–H and O–H groups in total. The fourth-order valence-corrected chi connectivity index (χ4v) is 1.92. The number of benzene rings is 1. The first-order valence-electron chi connectivity index (χ1n) is 6.92. The van der Waals surface area contributed by atoms with Crippen LogP contribution in [-0.4, -0.2) is 38.1 Å². The summed E-state index contributed by atoms with van der Waals surface area (Å²) in [6.07, 6.45) is 0. The van der Waals surface area contributed by atoms with Crippen molar-refractivity contribution < 1.29 is 14.3 Å². The summed E-state index contributed by atoms with van der Waals surface area (Å²) >= 11 is 0. The Labute approximate surface area is 127 Å². The van der Waals surface area contributed by atoms with Gasteiger partial charge in [0, 0.05) is 25.2 Å². The van der Waals surface area contributed by atoms with Crippen molar-refractivity contribution in [2.45, 2.75) is 33.4 Å². The summed E-state index contributed by atoms with van der Waals surface area (Å²) < 4.78 is 10.5. The van der Waals surface area contributed by atoms with Gasteiger partial charge in [-0.2, -0.15) is 0 Å². The normalized spacial score (nSPS) is 12.7. The minimum atomic E-state index is -0.535. The number of hydrogen-bond acceptors (Lipinski definition) is 4. The van der Waals surface area contributed by atoms with Gasteiger partial charge in [0.15, 0.2) is 0 Å². The van der Waals surface area contributed by atoms with E-state index in [4.69, 9.17) is 15.2 Å². The lowest BCUT2D eigenvalue weighted by atomic mass is 9.86. The molecule has 5 nitrogen and oxygen atoms in total. The van der Waals surface area contributed by atoms with Crippen LogP contribution in [0.1, 0.15) is 26.3 Å². The molecule has 1 rings (SSSR count). The van der Waals surface area contributed by atoms with Crippen LogP contribution >= 0.6 is 0 Å². The Bertz CT molecular complexity index is 495. The first-order valence-corrected chi connectivity index (χ1v) is 6.92. The van der Waals surface area contributed by atoms with Crippen LogP contribution in [0.5, 0.6) is 11.5 Å². The number of carbonyl (C=O) groups excluding carboxylic acids is 1. The van der Waals surface area contributed by atoms with E-state index < -0.39 is 6.04 Å². The second kappa shape index (κ2) is 6.80. The third kappa shape index (κ3) is 4.36. The topological polar surface area (TPSA) is 64.8 Å². The first-order chi connectivity index (χ1) is 9.70. The van der Waals surface area contributed by atoms with Crippen LogP contribution in [-0.2, 0) is 11.3 Å². The highest BCUT2D eigenvalue weighted by Crippen LogP contribution is 2.26. The molecule has 1 atom stereocenters. The second-order valence-corrected chi connectivity index (χ2v) is 6.22. The van der Waals surface area contributed by atoms with E-state index in [0.717, 1.165) is 11.3 Å². The molecule has 0 radical (unpaired) electrons. The van der Waals surface area contributed by atoms with E-state index in [1.54, 1.807) is 32.2 Å². The number of likely N-dealkylation sites (N-methyl/N-ethyl adjacent to an activating group) is 1. The smallest absolute Gasteiger partial charge is 0.240 e. The Morgan fingerprint density at radius 3 is 2.38 bits per heavy atom. The molecule has 0 aromatic heterocycles. The lowest BCUT2D eigenvalue weighted by Crippen LogP contribution is -2.48. The predicted octanol–water partition coefficient (Wildman–Crippen LogP) is 2.04. The Balaban J connectivity index is 2.88. The molecule has 0 saturated carbocycles. The molecule has 21 heavy (non-hydrogen) atoms. The Morgan fingerprint density at radius 1 is 1.29 bits per heavy atom. The second-order valence-electron chi connectivity index (χ2n) is 6.22. The summed E-state index contributed by atoms with van der Waals surface area (Å²) in [4.78, 5) is 14.0.